The van der Waals surface area contributed by atoms with E-state index in [9.17, 15) is 9.59 Å². The second-order valence-corrected chi connectivity index (χ2v) is 6.82. The Morgan fingerprint density at radius 2 is 1.85 bits per heavy atom. The van der Waals surface area contributed by atoms with Gasteiger partial charge in [-0.3, -0.25) is 9.36 Å². The lowest BCUT2D eigenvalue weighted by molar-refractivity contribution is 0.0522. The van der Waals surface area contributed by atoms with E-state index < -0.39 is 5.97 Å². The number of carbonyl (C=O) groups excluding carboxylic acids is 2. The standard InChI is InChI=1S/C19H20N4O3S/c1-4-26-18(25)17-13(3)21-12(2)16(17)15(24)10-27-19-22-20-11-23(19)14-8-6-5-7-9-14/h5-9,11,21H,4,10H2,1-3H3. The lowest BCUT2D eigenvalue weighted by Gasteiger charge is -2.07. The highest BCUT2D eigenvalue weighted by Gasteiger charge is 2.25. The van der Waals surface area contributed by atoms with E-state index in [1.165, 1.54) is 11.8 Å². The van der Waals surface area contributed by atoms with Crippen LogP contribution in [0.25, 0.3) is 5.69 Å². The molecule has 2 heterocycles. The van der Waals surface area contributed by atoms with Crippen LogP contribution in [0, 0.1) is 13.8 Å². The van der Waals surface area contributed by atoms with Crippen LogP contribution in [0.4, 0.5) is 0 Å². The third kappa shape index (κ3) is 3.95. The molecule has 27 heavy (non-hydrogen) atoms. The Morgan fingerprint density at radius 3 is 2.56 bits per heavy atom. The zero-order valence-corrected chi connectivity index (χ0v) is 16.2. The Hall–Kier alpha value is -2.87. The first-order valence-corrected chi connectivity index (χ1v) is 9.49. The van der Waals surface area contributed by atoms with Gasteiger partial charge in [-0.15, -0.1) is 10.2 Å². The van der Waals surface area contributed by atoms with Crippen molar-refractivity contribution < 1.29 is 14.3 Å². The summed E-state index contributed by atoms with van der Waals surface area (Å²) in [5.74, 6) is -0.511. The molecule has 0 aliphatic heterocycles. The van der Waals surface area contributed by atoms with E-state index in [2.05, 4.69) is 15.2 Å². The zero-order valence-electron chi connectivity index (χ0n) is 15.4. The highest BCUT2D eigenvalue weighted by Crippen LogP contribution is 2.25. The van der Waals surface area contributed by atoms with Crippen LogP contribution in [-0.4, -0.2) is 43.9 Å². The average Bonchev–Trinajstić information content (AvgIpc) is 3.24. The molecule has 0 saturated heterocycles. The first-order chi connectivity index (χ1) is 13.0. The Morgan fingerprint density at radius 1 is 1.15 bits per heavy atom. The van der Waals surface area contributed by atoms with Gasteiger partial charge in [-0.05, 0) is 32.9 Å². The number of aromatic amines is 1. The number of aryl methyl sites for hydroxylation is 2. The summed E-state index contributed by atoms with van der Waals surface area (Å²) in [6.45, 7) is 5.53. The third-order valence-corrected chi connectivity index (χ3v) is 4.96. The van der Waals surface area contributed by atoms with Crippen molar-refractivity contribution in [2.75, 3.05) is 12.4 Å². The van der Waals surface area contributed by atoms with Crippen molar-refractivity contribution in [2.45, 2.75) is 25.9 Å². The molecule has 0 atom stereocenters. The highest BCUT2D eigenvalue weighted by molar-refractivity contribution is 7.99. The third-order valence-electron chi connectivity index (χ3n) is 4.02. The topological polar surface area (TPSA) is 89.9 Å². The molecule has 0 amide bonds. The zero-order chi connectivity index (χ0) is 19.4. The molecule has 7 nitrogen and oxygen atoms in total. The second-order valence-electron chi connectivity index (χ2n) is 5.88. The number of benzene rings is 1. The summed E-state index contributed by atoms with van der Waals surface area (Å²) in [6, 6.07) is 9.65. The number of H-pyrrole nitrogens is 1. The number of thioether (sulfide) groups is 1. The fourth-order valence-electron chi connectivity index (χ4n) is 2.88. The van der Waals surface area contributed by atoms with Gasteiger partial charge in [-0.2, -0.15) is 0 Å². The SMILES string of the molecule is CCOC(=O)c1c(C)[nH]c(C)c1C(=O)CSc1nncn1-c1ccccc1. The van der Waals surface area contributed by atoms with Crippen molar-refractivity contribution in [1.29, 1.82) is 0 Å². The minimum atomic E-state index is -0.486. The molecule has 0 unspecified atom stereocenters. The van der Waals surface area contributed by atoms with E-state index in [1.54, 1.807) is 27.1 Å². The second kappa shape index (κ2) is 8.22. The summed E-state index contributed by atoms with van der Waals surface area (Å²) >= 11 is 1.28. The number of ketones is 1. The molecule has 0 aliphatic carbocycles. The van der Waals surface area contributed by atoms with Gasteiger partial charge in [-0.1, -0.05) is 30.0 Å². The molecule has 0 saturated carbocycles. The molecule has 8 heteroatoms. The average molecular weight is 384 g/mol. The van der Waals surface area contributed by atoms with Gasteiger partial charge < -0.3 is 9.72 Å². The summed E-state index contributed by atoms with van der Waals surface area (Å²) in [5.41, 5.74) is 2.89. The van der Waals surface area contributed by atoms with Gasteiger partial charge >= 0.3 is 5.97 Å². The number of aromatic nitrogens is 4. The van der Waals surface area contributed by atoms with Crippen LogP contribution in [0.15, 0.2) is 41.8 Å². The van der Waals surface area contributed by atoms with E-state index in [4.69, 9.17) is 4.74 Å². The molecular weight excluding hydrogens is 364 g/mol. The van der Waals surface area contributed by atoms with Crippen LogP contribution >= 0.6 is 11.8 Å². The number of carbonyl (C=O) groups is 2. The summed E-state index contributed by atoms with van der Waals surface area (Å²) in [5, 5.41) is 8.65. The predicted molar refractivity (Wildman–Crippen MR) is 103 cm³/mol. The van der Waals surface area contributed by atoms with Gasteiger partial charge in [0.05, 0.1) is 23.5 Å². The highest BCUT2D eigenvalue weighted by atomic mass is 32.2. The molecule has 3 aromatic rings. The fraction of sp³-hybridized carbons (Fsp3) is 0.263. The number of hydrogen-bond donors (Lipinski definition) is 1. The molecule has 0 radical (unpaired) electrons. The van der Waals surface area contributed by atoms with Crippen LogP contribution < -0.4 is 0 Å². The minimum absolute atomic E-state index is 0.135. The summed E-state index contributed by atoms with van der Waals surface area (Å²) in [6.07, 6.45) is 1.61. The van der Waals surface area contributed by atoms with Crippen LogP contribution in [0.2, 0.25) is 0 Å². The van der Waals surface area contributed by atoms with Gasteiger partial charge in [0.15, 0.2) is 10.9 Å². The van der Waals surface area contributed by atoms with Gasteiger partial charge in [0.2, 0.25) is 0 Å². The van der Waals surface area contributed by atoms with E-state index in [-0.39, 0.29) is 18.1 Å². The number of rotatable bonds is 7. The van der Waals surface area contributed by atoms with Crippen molar-refractivity contribution in [1.82, 2.24) is 19.7 Å². The maximum absolute atomic E-state index is 12.8. The van der Waals surface area contributed by atoms with Gasteiger partial charge in [-0.25, -0.2) is 4.79 Å². The van der Waals surface area contributed by atoms with Crippen LogP contribution in [0.5, 0.6) is 0 Å². The maximum Gasteiger partial charge on any atom is 0.340 e. The lowest BCUT2D eigenvalue weighted by Crippen LogP contribution is -2.13. The number of nitrogens with zero attached hydrogens (tertiary/aromatic N) is 3. The largest absolute Gasteiger partial charge is 0.462 e. The number of hydrogen-bond acceptors (Lipinski definition) is 6. The molecule has 0 fully saturated rings. The van der Waals surface area contributed by atoms with Gasteiger partial charge in [0.25, 0.3) is 0 Å². The van der Waals surface area contributed by atoms with Crippen LogP contribution in [-0.2, 0) is 4.74 Å². The van der Waals surface area contributed by atoms with Crippen molar-refractivity contribution in [3.63, 3.8) is 0 Å². The monoisotopic (exact) mass is 384 g/mol. The maximum atomic E-state index is 12.8. The van der Waals surface area contributed by atoms with E-state index >= 15 is 0 Å². The smallest absolute Gasteiger partial charge is 0.340 e. The number of para-hydroxylation sites is 1. The van der Waals surface area contributed by atoms with Crippen LogP contribution in [0.3, 0.4) is 0 Å². The first-order valence-electron chi connectivity index (χ1n) is 8.50. The molecule has 0 aliphatic rings. The Kier molecular flexibility index (Phi) is 5.75. The van der Waals surface area contributed by atoms with Crippen molar-refractivity contribution in [2.24, 2.45) is 0 Å². The molecule has 1 aromatic carbocycles. The van der Waals surface area contributed by atoms with E-state index in [0.29, 0.717) is 27.7 Å². The molecule has 3 rings (SSSR count). The Labute approximate surface area is 161 Å². The Bertz CT molecular complexity index is 963. The van der Waals surface area contributed by atoms with E-state index in [1.807, 2.05) is 34.9 Å². The first kappa shape index (κ1) is 18.9. The predicted octanol–water partition coefficient (Wildman–Crippen LogP) is 3.36. The molecular formula is C19H20N4O3S. The van der Waals surface area contributed by atoms with Gasteiger partial charge in [0.1, 0.15) is 6.33 Å². The van der Waals surface area contributed by atoms with Crippen molar-refractivity contribution in [3.05, 3.63) is 59.2 Å². The quantitative estimate of drug-likeness (QED) is 0.382. The summed E-state index contributed by atoms with van der Waals surface area (Å²) in [4.78, 5) is 28.2. The molecule has 2 aromatic heterocycles. The molecule has 0 bridgehead atoms. The fourth-order valence-corrected chi connectivity index (χ4v) is 3.68. The summed E-state index contributed by atoms with van der Waals surface area (Å²) < 4.78 is 6.91. The van der Waals surface area contributed by atoms with Gasteiger partial charge in [0, 0.05) is 17.1 Å². The summed E-state index contributed by atoms with van der Waals surface area (Å²) in [7, 11) is 0. The Balaban J connectivity index is 1.80. The number of esters is 1. The molecule has 1 N–H and O–H groups in total. The lowest BCUT2D eigenvalue weighted by atomic mass is 10.1. The number of ether oxygens (including phenoxy) is 1. The van der Waals surface area contributed by atoms with Crippen molar-refractivity contribution in [3.8, 4) is 5.69 Å². The van der Waals surface area contributed by atoms with Crippen molar-refractivity contribution >= 4 is 23.5 Å². The van der Waals surface area contributed by atoms with Crippen LogP contribution in [0.1, 0.15) is 39.0 Å². The van der Waals surface area contributed by atoms with E-state index in [0.717, 1.165) is 5.69 Å². The minimum Gasteiger partial charge on any atom is -0.462 e. The number of nitrogens with one attached hydrogen (secondary N) is 1. The molecule has 0 spiro atoms. The molecule has 140 valence electrons. The normalized spacial score (nSPS) is 10.8. The number of Topliss-reactive ketones (excluding diaryl/α,β-unsaturated/α-hetero) is 1.